The van der Waals surface area contributed by atoms with Crippen LogP contribution in [0.4, 0.5) is 11.4 Å². The number of allylic oxidation sites excluding steroid dienone is 1. The van der Waals surface area contributed by atoms with Gasteiger partial charge in [-0.3, -0.25) is 4.99 Å². The van der Waals surface area contributed by atoms with E-state index in [0.717, 1.165) is 29.8 Å². The Hall–Kier alpha value is -1.77. The van der Waals surface area contributed by atoms with Crippen molar-refractivity contribution < 1.29 is 0 Å². The lowest BCUT2D eigenvalue weighted by atomic mass is 9.88. The first kappa shape index (κ1) is 20.0. The predicted octanol–water partition coefficient (Wildman–Crippen LogP) is 7.46. The fraction of sp³-hybridized carbons (Fsp3) is 0.348. The van der Waals surface area contributed by atoms with E-state index in [9.17, 15) is 0 Å². The van der Waals surface area contributed by atoms with Gasteiger partial charge >= 0.3 is 0 Å². The number of nitrogens with zero attached hydrogens (tertiary/aromatic N) is 2. The summed E-state index contributed by atoms with van der Waals surface area (Å²) in [4.78, 5) is 7.06. The molecule has 1 heterocycles. The van der Waals surface area contributed by atoms with E-state index in [4.69, 9.17) is 23.2 Å². The van der Waals surface area contributed by atoms with Crippen LogP contribution in [0.5, 0.6) is 0 Å². The minimum absolute atomic E-state index is 0.0239. The van der Waals surface area contributed by atoms with Crippen molar-refractivity contribution in [3.05, 3.63) is 63.1 Å². The Morgan fingerprint density at radius 2 is 1.85 bits per heavy atom. The second-order valence-electron chi connectivity index (χ2n) is 7.71. The second-order valence-corrected chi connectivity index (χ2v) is 8.56. The molecule has 0 amide bonds. The molecule has 0 unspecified atom stereocenters. The van der Waals surface area contributed by atoms with Crippen molar-refractivity contribution in [2.24, 2.45) is 4.99 Å². The van der Waals surface area contributed by atoms with Gasteiger partial charge in [0.05, 0.1) is 16.2 Å². The van der Waals surface area contributed by atoms with Gasteiger partial charge in [-0.15, -0.1) is 0 Å². The van der Waals surface area contributed by atoms with E-state index in [2.05, 4.69) is 55.8 Å². The van der Waals surface area contributed by atoms with Gasteiger partial charge in [0, 0.05) is 34.6 Å². The highest BCUT2D eigenvalue weighted by atomic mass is 35.5. The van der Waals surface area contributed by atoms with Crippen molar-refractivity contribution in [1.29, 1.82) is 0 Å². The normalized spacial score (nSPS) is 15.8. The summed E-state index contributed by atoms with van der Waals surface area (Å²) in [6, 6.07) is 9.94. The summed E-state index contributed by atoms with van der Waals surface area (Å²) >= 11 is 12.7. The lowest BCUT2D eigenvalue weighted by Gasteiger charge is -2.43. The summed E-state index contributed by atoms with van der Waals surface area (Å²) < 4.78 is 0. The number of hydrogen-bond donors (Lipinski definition) is 0. The molecule has 2 aromatic rings. The third-order valence-electron chi connectivity index (χ3n) is 5.06. The van der Waals surface area contributed by atoms with Gasteiger partial charge in [0.25, 0.3) is 0 Å². The predicted molar refractivity (Wildman–Crippen MR) is 120 cm³/mol. The summed E-state index contributed by atoms with van der Waals surface area (Å²) in [5, 5.41) is 1.39. The number of aliphatic imine (C=N–C) groups is 1. The molecule has 3 rings (SSSR count). The molecular formula is C23H26Cl2N2. The van der Waals surface area contributed by atoms with Crippen LogP contribution >= 0.6 is 23.2 Å². The zero-order chi connectivity index (χ0) is 19.8. The van der Waals surface area contributed by atoms with E-state index in [-0.39, 0.29) is 5.54 Å². The number of rotatable bonds is 4. The average Bonchev–Trinajstić information content (AvgIpc) is 2.59. The SMILES string of the molecule is CCCN1c2cc(Cl)c(C=Nc3cc(Cl)ccc3C)cc2C(C)=CC1(C)C. The summed E-state index contributed by atoms with van der Waals surface area (Å²) in [7, 11) is 0. The van der Waals surface area contributed by atoms with Crippen LogP contribution in [0.3, 0.4) is 0 Å². The standard InChI is InChI=1S/C23H26Cl2N2/c1-6-9-27-22-12-20(25)17(10-19(22)16(3)13-23(27,4)5)14-26-21-11-18(24)8-7-15(21)2/h7-8,10-14H,6,9H2,1-5H3. The van der Waals surface area contributed by atoms with E-state index < -0.39 is 0 Å². The maximum absolute atomic E-state index is 6.64. The first-order chi connectivity index (χ1) is 12.7. The molecule has 0 saturated heterocycles. The highest BCUT2D eigenvalue weighted by Gasteiger charge is 2.31. The van der Waals surface area contributed by atoms with Crippen molar-refractivity contribution >= 4 is 46.4 Å². The van der Waals surface area contributed by atoms with E-state index in [0.29, 0.717) is 10.0 Å². The number of hydrogen-bond acceptors (Lipinski definition) is 2. The summed E-state index contributed by atoms with van der Waals surface area (Å²) in [5.41, 5.74) is 6.52. The molecule has 0 bridgehead atoms. The molecule has 0 fully saturated rings. The lowest BCUT2D eigenvalue weighted by molar-refractivity contribution is 0.550. The molecule has 1 aliphatic rings. The topological polar surface area (TPSA) is 15.6 Å². The minimum atomic E-state index is -0.0239. The molecule has 0 aliphatic carbocycles. The maximum atomic E-state index is 6.64. The zero-order valence-electron chi connectivity index (χ0n) is 16.6. The van der Waals surface area contributed by atoms with Crippen LogP contribution in [0.25, 0.3) is 5.57 Å². The van der Waals surface area contributed by atoms with Crippen LogP contribution in [-0.2, 0) is 0 Å². The number of anilines is 1. The number of fused-ring (bicyclic) bond motifs is 1. The molecule has 142 valence electrons. The maximum Gasteiger partial charge on any atom is 0.0673 e. The average molecular weight is 401 g/mol. The van der Waals surface area contributed by atoms with Gasteiger partial charge in [0.15, 0.2) is 0 Å². The second kappa shape index (κ2) is 7.69. The monoisotopic (exact) mass is 400 g/mol. The van der Waals surface area contributed by atoms with Gasteiger partial charge in [0.2, 0.25) is 0 Å². The largest absolute Gasteiger partial charge is 0.362 e. The van der Waals surface area contributed by atoms with Crippen LogP contribution in [0.2, 0.25) is 10.0 Å². The van der Waals surface area contributed by atoms with Crippen LogP contribution in [-0.4, -0.2) is 18.3 Å². The molecule has 1 aliphatic heterocycles. The fourth-order valence-corrected chi connectivity index (χ4v) is 4.08. The Labute approximate surface area is 172 Å². The summed E-state index contributed by atoms with van der Waals surface area (Å²) in [6.07, 6.45) is 5.25. The highest BCUT2D eigenvalue weighted by Crippen LogP contribution is 2.41. The molecule has 0 radical (unpaired) electrons. The first-order valence-corrected chi connectivity index (χ1v) is 10.1. The van der Waals surface area contributed by atoms with Gasteiger partial charge < -0.3 is 4.90 Å². The molecule has 0 N–H and O–H groups in total. The van der Waals surface area contributed by atoms with Crippen LogP contribution in [0.15, 0.2) is 41.4 Å². The van der Waals surface area contributed by atoms with Crippen molar-refractivity contribution in [3.63, 3.8) is 0 Å². The van der Waals surface area contributed by atoms with Gasteiger partial charge in [-0.1, -0.05) is 42.3 Å². The lowest BCUT2D eigenvalue weighted by Crippen LogP contribution is -2.45. The molecule has 2 aromatic carbocycles. The van der Waals surface area contributed by atoms with Gasteiger partial charge in [-0.05, 0) is 69.5 Å². The molecule has 0 atom stereocenters. The fourth-order valence-electron chi connectivity index (χ4n) is 3.71. The van der Waals surface area contributed by atoms with Crippen molar-refractivity contribution in [3.8, 4) is 0 Å². The Morgan fingerprint density at radius 1 is 1.11 bits per heavy atom. The van der Waals surface area contributed by atoms with Crippen molar-refractivity contribution in [2.45, 2.75) is 46.6 Å². The molecule has 27 heavy (non-hydrogen) atoms. The number of halogens is 2. The smallest absolute Gasteiger partial charge is 0.0673 e. The summed E-state index contributed by atoms with van der Waals surface area (Å²) in [6.45, 7) is 11.9. The molecule has 0 aromatic heterocycles. The molecule has 0 spiro atoms. The third-order valence-corrected chi connectivity index (χ3v) is 5.62. The van der Waals surface area contributed by atoms with Crippen LogP contribution in [0.1, 0.15) is 50.8 Å². The van der Waals surface area contributed by atoms with Crippen molar-refractivity contribution in [1.82, 2.24) is 0 Å². The number of benzene rings is 2. The van der Waals surface area contributed by atoms with E-state index in [1.165, 1.54) is 16.8 Å². The zero-order valence-corrected chi connectivity index (χ0v) is 18.1. The van der Waals surface area contributed by atoms with Gasteiger partial charge in [-0.25, -0.2) is 0 Å². The summed E-state index contributed by atoms with van der Waals surface area (Å²) in [5.74, 6) is 0. The number of aryl methyl sites for hydroxylation is 1. The third kappa shape index (κ3) is 4.07. The van der Waals surface area contributed by atoms with E-state index >= 15 is 0 Å². The Kier molecular flexibility index (Phi) is 5.69. The first-order valence-electron chi connectivity index (χ1n) is 9.34. The molecular weight excluding hydrogens is 375 g/mol. The van der Waals surface area contributed by atoms with Crippen LogP contribution in [0, 0.1) is 6.92 Å². The van der Waals surface area contributed by atoms with Crippen molar-refractivity contribution in [2.75, 3.05) is 11.4 Å². The van der Waals surface area contributed by atoms with Gasteiger partial charge in [0.1, 0.15) is 0 Å². The van der Waals surface area contributed by atoms with E-state index in [1.807, 2.05) is 31.3 Å². The molecule has 0 saturated carbocycles. The highest BCUT2D eigenvalue weighted by molar-refractivity contribution is 6.33. The molecule has 2 nitrogen and oxygen atoms in total. The molecule has 4 heteroatoms. The minimum Gasteiger partial charge on any atom is -0.362 e. The van der Waals surface area contributed by atoms with E-state index in [1.54, 1.807) is 0 Å². The Balaban J connectivity index is 2.05. The van der Waals surface area contributed by atoms with Gasteiger partial charge in [-0.2, -0.15) is 0 Å². The van der Waals surface area contributed by atoms with Crippen LogP contribution < -0.4 is 4.90 Å². The Morgan fingerprint density at radius 3 is 2.56 bits per heavy atom. The Bertz CT molecular complexity index is 926. The quantitative estimate of drug-likeness (QED) is 0.485.